The number of alkyl halides is 2. The lowest BCUT2D eigenvalue weighted by Gasteiger charge is -2.05. The van der Waals surface area contributed by atoms with Crippen molar-refractivity contribution in [2.45, 2.75) is 38.0 Å². The van der Waals surface area contributed by atoms with Crippen molar-refractivity contribution >= 4 is 22.5 Å². The maximum Gasteiger partial charge on any atom is 0.239 e. The fourth-order valence-corrected chi connectivity index (χ4v) is 3.58. The highest BCUT2D eigenvalue weighted by Crippen LogP contribution is 2.40. The number of hydrogen-bond donors (Lipinski definition) is 1. The first-order chi connectivity index (χ1) is 13.6. The number of fused-ring (bicyclic) bond motifs is 2. The molecule has 1 aliphatic carbocycles. The summed E-state index contributed by atoms with van der Waals surface area (Å²) in [4.78, 5) is 24.5. The predicted octanol–water partition coefficient (Wildman–Crippen LogP) is 4.98. The topological polar surface area (TPSA) is 63.0 Å². The summed E-state index contributed by atoms with van der Waals surface area (Å²) < 4.78 is 26.6. The van der Waals surface area contributed by atoms with Crippen molar-refractivity contribution in [2.75, 3.05) is 0 Å². The van der Waals surface area contributed by atoms with Crippen LogP contribution in [0.1, 0.15) is 47.8 Å². The average Bonchev–Trinajstić information content (AvgIpc) is 3.33. The van der Waals surface area contributed by atoms with Crippen LogP contribution < -0.4 is 0 Å². The summed E-state index contributed by atoms with van der Waals surface area (Å²) in [5, 5.41) is 1.01. The molecule has 0 aliphatic heterocycles. The lowest BCUT2D eigenvalue weighted by molar-refractivity contribution is 0.0904. The second kappa shape index (κ2) is 6.51. The lowest BCUT2D eigenvalue weighted by Crippen LogP contribution is -2.05. The van der Waals surface area contributed by atoms with E-state index in [1.54, 1.807) is 4.40 Å². The van der Waals surface area contributed by atoms with Gasteiger partial charge in [-0.25, -0.2) is 18.7 Å². The number of carbonyl (C=O) groups is 1. The molecule has 5 nitrogen and oxygen atoms in total. The molecule has 7 heteroatoms. The number of carbonyl (C=O) groups excluding carboxylic acids is 1. The first-order valence-electron chi connectivity index (χ1n) is 9.37. The largest absolute Gasteiger partial charge is 0.346 e. The summed E-state index contributed by atoms with van der Waals surface area (Å²) in [6.45, 7) is 0. The zero-order valence-corrected chi connectivity index (χ0v) is 15.0. The lowest BCUT2D eigenvalue weighted by atomic mass is 10.1. The SMILES string of the molecule is O=C(CCC(F)F)c1cnc2ccc(-c3c[nH]c4nc(C5CC5)ccc34)cn12. The molecule has 1 saturated carbocycles. The number of imidazole rings is 1. The van der Waals surface area contributed by atoms with Gasteiger partial charge in [-0.1, -0.05) is 0 Å². The van der Waals surface area contributed by atoms with Crippen molar-refractivity contribution in [2.24, 2.45) is 0 Å². The third-order valence-corrected chi connectivity index (χ3v) is 5.25. The van der Waals surface area contributed by atoms with E-state index in [9.17, 15) is 13.6 Å². The van der Waals surface area contributed by atoms with E-state index in [2.05, 4.69) is 22.1 Å². The molecule has 0 saturated heterocycles. The van der Waals surface area contributed by atoms with E-state index < -0.39 is 12.8 Å². The van der Waals surface area contributed by atoms with E-state index in [0.717, 1.165) is 27.9 Å². The number of ketones is 1. The molecular formula is C21H18F2N4O. The van der Waals surface area contributed by atoms with Crippen molar-refractivity contribution in [3.05, 3.63) is 54.2 Å². The molecule has 0 amide bonds. The molecule has 0 spiro atoms. The first kappa shape index (κ1) is 17.0. The van der Waals surface area contributed by atoms with Crippen molar-refractivity contribution in [3.63, 3.8) is 0 Å². The number of nitrogens with zero attached hydrogens (tertiary/aromatic N) is 3. The molecule has 4 heterocycles. The number of halogens is 2. The van der Waals surface area contributed by atoms with Crippen LogP contribution in [-0.2, 0) is 0 Å². The smallest absolute Gasteiger partial charge is 0.239 e. The van der Waals surface area contributed by atoms with Crippen LogP contribution in [-0.4, -0.2) is 31.6 Å². The number of rotatable bonds is 6. The van der Waals surface area contributed by atoms with Gasteiger partial charge >= 0.3 is 0 Å². The summed E-state index contributed by atoms with van der Waals surface area (Å²) in [6, 6.07) is 7.91. The maximum absolute atomic E-state index is 12.4. The van der Waals surface area contributed by atoms with Crippen molar-refractivity contribution < 1.29 is 13.6 Å². The summed E-state index contributed by atoms with van der Waals surface area (Å²) in [5.41, 5.74) is 4.79. The number of aromatic nitrogens is 4. The van der Waals surface area contributed by atoms with Gasteiger partial charge in [-0.2, -0.15) is 0 Å². The predicted molar refractivity (Wildman–Crippen MR) is 102 cm³/mol. The van der Waals surface area contributed by atoms with Gasteiger partial charge in [0.2, 0.25) is 6.43 Å². The molecule has 1 N–H and O–H groups in total. The first-order valence-corrected chi connectivity index (χ1v) is 9.37. The molecule has 1 aliphatic rings. The Kier molecular flexibility index (Phi) is 3.96. The van der Waals surface area contributed by atoms with Crippen LogP contribution in [0.2, 0.25) is 0 Å². The second-order valence-corrected chi connectivity index (χ2v) is 7.25. The molecule has 1 fully saturated rings. The molecule has 4 aromatic heterocycles. The highest BCUT2D eigenvalue weighted by Gasteiger charge is 2.25. The standard InChI is InChI=1S/C21H18F2N4O/c22-19(23)7-6-18(28)17-10-24-20-8-3-13(11-27(17)20)15-9-25-21-14(15)4-5-16(26-21)12-1-2-12/h3-5,8-12,19H,1-2,6-7H2,(H,25,26). The van der Waals surface area contributed by atoms with Gasteiger partial charge in [-0.3, -0.25) is 9.20 Å². The zero-order valence-electron chi connectivity index (χ0n) is 15.0. The summed E-state index contributed by atoms with van der Waals surface area (Å²) in [6.07, 6.45) is 4.46. The molecule has 28 heavy (non-hydrogen) atoms. The molecule has 4 aromatic rings. The van der Waals surface area contributed by atoms with Gasteiger partial charge < -0.3 is 4.98 Å². The van der Waals surface area contributed by atoms with E-state index in [4.69, 9.17) is 4.98 Å². The van der Waals surface area contributed by atoms with E-state index in [1.165, 1.54) is 19.0 Å². The van der Waals surface area contributed by atoms with E-state index >= 15 is 0 Å². The van der Waals surface area contributed by atoms with Gasteiger partial charge in [0, 0.05) is 53.4 Å². The molecule has 0 aromatic carbocycles. The van der Waals surface area contributed by atoms with Crippen molar-refractivity contribution in [1.82, 2.24) is 19.4 Å². The number of hydrogen-bond acceptors (Lipinski definition) is 3. The van der Waals surface area contributed by atoms with Crippen LogP contribution in [0.3, 0.4) is 0 Å². The van der Waals surface area contributed by atoms with Crippen LogP contribution in [0.15, 0.2) is 42.9 Å². The highest BCUT2D eigenvalue weighted by atomic mass is 19.3. The highest BCUT2D eigenvalue weighted by molar-refractivity contribution is 5.96. The minimum Gasteiger partial charge on any atom is -0.346 e. The normalized spacial score (nSPS) is 14.4. The Morgan fingerprint density at radius 3 is 2.89 bits per heavy atom. The molecule has 0 atom stereocenters. The van der Waals surface area contributed by atoms with Crippen LogP contribution in [0.25, 0.3) is 27.8 Å². The van der Waals surface area contributed by atoms with Gasteiger partial charge in [0.15, 0.2) is 5.78 Å². The monoisotopic (exact) mass is 380 g/mol. The Hall–Kier alpha value is -3.09. The maximum atomic E-state index is 12.4. The van der Waals surface area contributed by atoms with Gasteiger partial charge in [0.25, 0.3) is 0 Å². The van der Waals surface area contributed by atoms with Crippen LogP contribution >= 0.6 is 0 Å². The molecule has 0 unspecified atom stereocenters. The average molecular weight is 380 g/mol. The Morgan fingerprint density at radius 1 is 1.25 bits per heavy atom. The van der Waals surface area contributed by atoms with Gasteiger partial charge in [0.1, 0.15) is 17.0 Å². The zero-order chi connectivity index (χ0) is 19.3. The number of pyridine rings is 2. The fourth-order valence-electron chi connectivity index (χ4n) is 3.58. The number of H-pyrrole nitrogens is 1. The third-order valence-electron chi connectivity index (χ3n) is 5.25. The van der Waals surface area contributed by atoms with Crippen LogP contribution in [0, 0.1) is 0 Å². The fraction of sp³-hybridized carbons (Fsp3) is 0.286. The molecule has 142 valence electrons. The summed E-state index contributed by atoms with van der Waals surface area (Å²) in [5.74, 6) is 0.250. The van der Waals surface area contributed by atoms with E-state index in [1.807, 2.05) is 24.5 Å². The van der Waals surface area contributed by atoms with Crippen LogP contribution in [0.4, 0.5) is 8.78 Å². The Labute approximate surface area is 159 Å². The molecule has 0 bridgehead atoms. The molecule has 0 radical (unpaired) electrons. The van der Waals surface area contributed by atoms with E-state index in [-0.39, 0.29) is 12.2 Å². The summed E-state index contributed by atoms with van der Waals surface area (Å²) in [7, 11) is 0. The van der Waals surface area contributed by atoms with Gasteiger partial charge in [-0.15, -0.1) is 0 Å². The van der Waals surface area contributed by atoms with Crippen molar-refractivity contribution in [1.29, 1.82) is 0 Å². The van der Waals surface area contributed by atoms with Gasteiger partial charge in [-0.05, 0) is 37.1 Å². The minimum atomic E-state index is -2.49. The minimum absolute atomic E-state index is 0.198. The Balaban J connectivity index is 1.53. The van der Waals surface area contributed by atoms with Crippen LogP contribution in [0.5, 0.6) is 0 Å². The van der Waals surface area contributed by atoms with Gasteiger partial charge in [0.05, 0.1) is 6.20 Å². The number of nitrogens with one attached hydrogen (secondary N) is 1. The molecule has 5 rings (SSSR count). The second-order valence-electron chi connectivity index (χ2n) is 7.25. The molecular weight excluding hydrogens is 362 g/mol. The number of aromatic amines is 1. The quantitative estimate of drug-likeness (QED) is 0.480. The summed E-state index contributed by atoms with van der Waals surface area (Å²) >= 11 is 0. The third kappa shape index (κ3) is 2.96. The Morgan fingerprint density at radius 2 is 2.11 bits per heavy atom. The van der Waals surface area contributed by atoms with Crippen molar-refractivity contribution in [3.8, 4) is 11.1 Å². The number of Topliss-reactive ketones (excluding diaryl/α,β-unsaturated/α-hetero) is 1. The van der Waals surface area contributed by atoms with E-state index in [0.29, 0.717) is 17.3 Å². The Bertz CT molecular complexity index is 1190.